The van der Waals surface area contributed by atoms with E-state index in [1.165, 1.54) is 23.3 Å². The number of amides is 1. The second-order valence-corrected chi connectivity index (χ2v) is 6.54. The molecule has 4 heteroatoms. The molecule has 110 valence electrons. The second-order valence-electron chi connectivity index (χ2n) is 5.40. The summed E-state index contributed by atoms with van der Waals surface area (Å²) in [5.74, 6) is 0.731. The Bertz CT molecular complexity index is 499. The van der Waals surface area contributed by atoms with Gasteiger partial charge in [0.2, 0.25) is 0 Å². The zero-order chi connectivity index (χ0) is 14.5. The summed E-state index contributed by atoms with van der Waals surface area (Å²) in [7, 11) is 0. The molecule has 1 aromatic rings. The summed E-state index contributed by atoms with van der Waals surface area (Å²) < 4.78 is 0. The van der Waals surface area contributed by atoms with E-state index in [-0.39, 0.29) is 5.91 Å². The van der Waals surface area contributed by atoms with Crippen molar-refractivity contribution in [3.05, 3.63) is 21.4 Å². The van der Waals surface area contributed by atoms with Crippen LogP contribution in [0.25, 0.3) is 0 Å². The highest BCUT2D eigenvalue weighted by molar-refractivity contribution is 7.14. The molecule has 0 aliphatic heterocycles. The predicted octanol–water partition coefficient (Wildman–Crippen LogP) is 4.17. The average Bonchev–Trinajstić information content (AvgIpc) is 2.90. The van der Waals surface area contributed by atoms with Gasteiger partial charge >= 0.3 is 0 Å². The standard InChI is InChI=1S/C16H24N2OS/c1-4-11-7-8-14-12(9-11)10-15(20-14)16(19)18-17-13(5-2)6-3/h10-11H,4-9H2,1-3H3,(H,18,19). The molecular formula is C16H24N2OS. The van der Waals surface area contributed by atoms with Crippen LogP contribution in [0.1, 0.15) is 66.6 Å². The minimum absolute atomic E-state index is 0.0585. The number of carbonyl (C=O) groups excluding carboxylic acids is 1. The molecule has 0 saturated heterocycles. The first-order chi connectivity index (χ1) is 9.67. The summed E-state index contributed by atoms with van der Waals surface area (Å²) in [6.07, 6.45) is 6.53. The van der Waals surface area contributed by atoms with Gasteiger partial charge in [-0.2, -0.15) is 5.10 Å². The Labute approximate surface area is 125 Å². The van der Waals surface area contributed by atoms with Crippen molar-refractivity contribution in [2.24, 2.45) is 11.0 Å². The third-order valence-corrected chi connectivity index (χ3v) is 5.35. The molecule has 1 aromatic heterocycles. The van der Waals surface area contributed by atoms with Crippen molar-refractivity contribution in [1.82, 2.24) is 5.43 Å². The Morgan fingerprint density at radius 2 is 2.15 bits per heavy atom. The monoisotopic (exact) mass is 292 g/mol. The van der Waals surface area contributed by atoms with Gasteiger partial charge in [0.1, 0.15) is 0 Å². The van der Waals surface area contributed by atoms with Crippen LogP contribution in [0, 0.1) is 5.92 Å². The van der Waals surface area contributed by atoms with Gasteiger partial charge in [-0.25, -0.2) is 5.43 Å². The molecule has 1 aliphatic rings. The molecule has 0 spiro atoms. The maximum absolute atomic E-state index is 12.1. The van der Waals surface area contributed by atoms with Crippen molar-refractivity contribution in [3.8, 4) is 0 Å². The normalized spacial score (nSPS) is 17.4. The van der Waals surface area contributed by atoms with Crippen LogP contribution in [0.4, 0.5) is 0 Å². The molecule has 1 heterocycles. The lowest BCUT2D eigenvalue weighted by Gasteiger charge is -2.19. The molecule has 1 aliphatic carbocycles. The lowest BCUT2D eigenvalue weighted by Crippen LogP contribution is -2.18. The molecule has 1 amide bonds. The van der Waals surface area contributed by atoms with Gasteiger partial charge in [-0.3, -0.25) is 4.79 Å². The molecule has 1 N–H and O–H groups in total. The topological polar surface area (TPSA) is 41.5 Å². The molecule has 0 fully saturated rings. The highest BCUT2D eigenvalue weighted by Gasteiger charge is 2.21. The van der Waals surface area contributed by atoms with Gasteiger partial charge in [-0.05, 0) is 49.7 Å². The van der Waals surface area contributed by atoms with Crippen molar-refractivity contribution in [2.45, 2.75) is 59.3 Å². The number of hydrazone groups is 1. The summed E-state index contributed by atoms with van der Waals surface area (Å²) in [6.45, 7) is 6.37. The third-order valence-electron chi connectivity index (χ3n) is 4.12. The number of carbonyl (C=O) groups is 1. The minimum Gasteiger partial charge on any atom is -0.266 e. The van der Waals surface area contributed by atoms with E-state index in [1.54, 1.807) is 11.3 Å². The Morgan fingerprint density at radius 3 is 2.80 bits per heavy atom. The van der Waals surface area contributed by atoms with Crippen molar-refractivity contribution in [3.63, 3.8) is 0 Å². The summed E-state index contributed by atoms with van der Waals surface area (Å²) in [5.41, 5.74) is 5.11. The smallest absolute Gasteiger partial charge is 0.266 e. The predicted molar refractivity (Wildman–Crippen MR) is 85.6 cm³/mol. The first kappa shape index (κ1) is 15.2. The molecule has 1 atom stereocenters. The van der Waals surface area contributed by atoms with E-state index in [4.69, 9.17) is 0 Å². The summed E-state index contributed by atoms with van der Waals surface area (Å²) in [4.78, 5) is 14.3. The molecule has 0 radical (unpaired) electrons. The number of nitrogens with zero attached hydrogens (tertiary/aromatic N) is 1. The van der Waals surface area contributed by atoms with E-state index in [0.717, 1.165) is 42.2 Å². The summed E-state index contributed by atoms with van der Waals surface area (Å²) in [5, 5.41) is 4.20. The second kappa shape index (κ2) is 7.02. The van der Waals surface area contributed by atoms with Crippen LogP contribution in [0.2, 0.25) is 0 Å². The van der Waals surface area contributed by atoms with Crippen LogP contribution < -0.4 is 5.43 Å². The molecule has 20 heavy (non-hydrogen) atoms. The first-order valence-electron chi connectivity index (χ1n) is 7.65. The lowest BCUT2D eigenvalue weighted by atomic mass is 9.87. The minimum atomic E-state index is -0.0585. The highest BCUT2D eigenvalue weighted by Crippen LogP contribution is 2.33. The zero-order valence-electron chi connectivity index (χ0n) is 12.7. The van der Waals surface area contributed by atoms with Crippen molar-refractivity contribution >= 4 is 23.0 Å². The Morgan fingerprint density at radius 1 is 1.40 bits per heavy atom. The fourth-order valence-corrected chi connectivity index (χ4v) is 3.75. The van der Waals surface area contributed by atoms with Gasteiger partial charge < -0.3 is 0 Å². The van der Waals surface area contributed by atoms with Crippen LogP contribution in [0.3, 0.4) is 0 Å². The molecule has 0 bridgehead atoms. The molecule has 3 nitrogen and oxygen atoms in total. The molecule has 0 saturated carbocycles. The molecule has 1 unspecified atom stereocenters. The fraction of sp³-hybridized carbons (Fsp3) is 0.625. The maximum Gasteiger partial charge on any atom is 0.281 e. The van der Waals surface area contributed by atoms with E-state index in [0.29, 0.717) is 0 Å². The number of aryl methyl sites for hydroxylation is 1. The summed E-state index contributed by atoms with van der Waals surface area (Å²) in [6, 6.07) is 2.07. The van der Waals surface area contributed by atoms with Crippen LogP contribution in [0.5, 0.6) is 0 Å². The number of hydrogen-bond donors (Lipinski definition) is 1. The highest BCUT2D eigenvalue weighted by atomic mass is 32.1. The largest absolute Gasteiger partial charge is 0.281 e. The third kappa shape index (κ3) is 3.48. The van der Waals surface area contributed by atoms with Crippen LogP contribution in [0.15, 0.2) is 11.2 Å². The quantitative estimate of drug-likeness (QED) is 0.642. The van der Waals surface area contributed by atoms with Crippen LogP contribution in [-0.2, 0) is 12.8 Å². The van der Waals surface area contributed by atoms with Gasteiger partial charge in [-0.1, -0.05) is 27.2 Å². The van der Waals surface area contributed by atoms with Gasteiger partial charge in [-0.15, -0.1) is 11.3 Å². The zero-order valence-corrected chi connectivity index (χ0v) is 13.5. The van der Waals surface area contributed by atoms with E-state index < -0.39 is 0 Å². The Balaban J connectivity index is 2.05. The van der Waals surface area contributed by atoms with Crippen LogP contribution in [-0.4, -0.2) is 11.6 Å². The van der Waals surface area contributed by atoms with Crippen molar-refractivity contribution in [2.75, 3.05) is 0 Å². The molecule has 2 rings (SSSR count). The van der Waals surface area contributed by atoms with Crippen molar-refractivity contribution < 1.29 is 4.79 Å². The average molecular weight is 292 g/mol. The lowest BCUT2D eigenvalue weighted by molar-refractivity contribution is 0.0958. The Hall–Kier alpha value is -1.16. The fourth-order valence-electron chi connectivity index (χ4n) is 2.65. The SMILES string of the molecule is CCC(CC)=NNC(=O)c1cc2c(s1)CCC(CC)C2. The first-order valence-corrected chi connectivity index (χ1v) is 8.46. The molecule has 0 aromatic carbocycles. The van der Waals surface area contributed by atoms with Gasteiger partial charge in [0.15, 0.2) is 0 Å². The number of fused-ring (bicyclic) bond motifs is 1. The van der Waals surface area contributed by atoms with E-state index >= 15 is 0 Å². The van der Waals surface area contributed by atoms with Gasteiger partial charge in [0.05, 0.1) is 4.88 Å². The van der Waals surface area contributed by atoms with Gasteiger partial charge in [0.25, 0.3) is 5.91 Å². The van der Waals surface area contributed by atoms with Gasteiger partial charge in [0, 0.05) is 10.6 Å². The summed E-state index contributed by atoms with van der Waals surface area (Å²) >= 11 is 1.64. The van der Waals surface area contributed by atoms with E-state index in [9.17, 15) is 4.79 Å². The number of thiophene rings is 1. The van der Waals surface area contributed by atoms with E-state index in [2.05, 4.69) is 37.4 Å². The van der Waals surface area contributed by atoms with Crippen LogP contribution >= 0.6 is 11.3 Å². The Kier molecular flexibility index (Phi) is 5.35. The van der Waals surface area contributed by atoms with Crippen molar-refractivity contribution in [1.29, 1.82) is 0 Å². The number of hydrogen-bond acceptors (Lipinski definition) is 3. The number of rotatable bonds is 5. The number of nitrogens with one attached hydrogen (secondary N) is 1. The maximum atomic E-state index is 12.1. The molecular weight excluding hydrogens is 268 g/mol. The van der Waals surface area contributed by atoms with E-state index in [1.807, 2.05) is 0 Å².